The number of aliphatic hydroxyl groups is 3. The number of carbonyl (C=O) groups excluding carboxylic acids is 1. The van der Waals surface area contributed by atoms with Crippen molar-refractivity contribution in [3.8, 4) is 0 Å². The van der Waals surface area contributed by atoms with Crippen LogP contribution in [0, 0.1) is 0 Å². The van der Waals surface area contributed by atoms with Crippen LogP contribution in [0.1, 0.15) is 168 Å². The maximum atomic E-state index is 12.3. The minimum absolute atomic E-state index is 0.157. The van der Waals surface area contributed by atoms with Crippen molar-refractivity contribution in [1.29, 1.82) is 0 Å². The molecule has 0 rings (SSSR count). The molecule has 3 unspecified atom stereocenters. The minimum Gasteiger partial charge on any atom is -0.394 e. The van der Waals surface area contributed by atoms with Crippen LogP contribution in [0.2, 0.25) is 0 Å². The number of rotatable bonds is 30. The number of nitrogens with one attached hydrogen (secondary N) is 1. The molecule has 40 heavy (non-hydrogen) atoms. The zero-order chi connectivity index (χ0) is 29.5. The summed E-state index contributed by atoms with van der Waals surface area (Å²) in [6, 6.07) is -0.808. The van der Waals surface area contributed by atoms with E-state index in [4.69, 9.17) is 0 Å². The maximum Gasteiger partial charge on any atom is 0.220 e. The lowest BCUT2D eigenvalue weighted by atomic mass is 9.99. The molecule has 0 aromatic carbocycles. The summed E-state index contributed by atoms with van der Waals surface area (Å²) in [7, 11) is 0. The summed E-state index contributed by atoms with van der Waals surface area (Å²) in [6.45, 7) is 4.10. The third kappa shape index (κ3) is 25.8. The van der Waals surface area contributed by atoms with Crippen LogP contribution < -0.4 is 5.32 Å². The Kier molecular flexibility index (Phi) is 29.9. The van der Waals surface area contributed by atoms with Crippen LogP contribution in [0.3, 0.4) is 0 Å². The average molecular weight is 566 g/mol. The summed E-state index contributed by atoms with van der Waals surface area (Å²) in [5.41, 5.74) is 0. The van der Waals surface area contributed by atoms with Gasteiger partial charge >= 0.3 is 0 Å². The van der Waals surface area contributed by atoms with Crippen molar-refractivity contribution in [1.82, 2.24) is 5.32 Å². The van der Waals surface area contributed by atoms with E-state index >= 15 is 0 Å². The fourth-order valence-electron chi connectivity index (χ4n) is 5.07. The molecule has 0 radical (unpaired) electrons. The predicted molar refractivity (Wildman–Crippen MR) is 171 cm³/mol. The highest BCUT2D eigenvalue weighted by Crippen LogP contribution is 2.14. The van der Waals surface area contributed by atoms with Crippen molar-refractivity contribution in [3.05, 3.63) is 24.3 Å². The van der Waals surface area contributed by atoms with Crippen LogP contribution in [0.5, 0.6) is 0 Å². The molecular formula is C35H67NO4. The fraction of sp³-hybridized carbons (Fsp3) is 0.857. The van der Waals surface area contributed by atoms with Gasteiger partial charge in [-0.2, -0.15) is 0 Å². The molecule has 0 bridgehead atoms. The second kappa shape index (κ2) is 30.8. The number of carbonyl (C=O) groups is 1. The van der Waals surface area contributed by atoms with Crippen LogP contribution in [-0.2, 0) is 4.79 Å². The lowest BCUT2D eigenvalue weighted by molar-refractivity contribution is -0.124. The molecule has 0 saturated heterocycles. The van der Waals surface area contributed by atoms with Crippen molar-refractivity contribution in [2.24, 2.45) is 0 Å². The van der Waals surface area contributed by atoms with Crippen LogP contribution in [0.25, 0.3) is 0 Å². The smallest absolute Gasteiger partial charge is 0.220 e. The monoisotopic (exact) mass is 566 g/mol. The van der Waals surface area contributed by atoms with Crippen molar-refractivity contribution >= 4 is 5.91 Å². The molecule has 0 saturated carbocycles. The van der Waals surface area contributed by atoms with Crippen LogP contribution in [-0.4, -0.2) is 46.1 Å². The van der Waals surface area contributed by atoms with Gasteiger partial charge in [-0.25, -0.2) is 0 Å². The summed E-state index contributed by atoms with van der Waals surface area (Å²) in [6.07, 6.45) is 34.1. The Hall–Kier alpha value is -1.17. The van der Waals surface area contributed by atoms with E-state index < -0.39 is 18.2 Å². The number of unbranched alkanes of at least 4 members (excludes halogenated alkanes) is 18. The second-order valence-electron chi connectivity index (χ2n) is 11.7. The quantitative estimate of drug-likeness (QED) is 0.0518. The number of hydrogen-bond acceptors (Lipinski definition) is 4. The molecule has 0 aromatic heterocycles. The van der Waals surface area contributed by atoms with Crippen molar-refractivity contribution in [2.45, 2.75) is 186 Å². The molecule has 0 aliphatic rings. The third-order valence-corrected chi connectivity index (χ3v) is 7.81. The molecule has 0 aliphatic heterocycles. The van der Waals surface area contributed by atoms with Gasteiger partial charge in [0.25, 0.3) is 0 Å². The molecule has 0 fully saturated rings. The van der Waals surface area contributed by atoms with E-state index in [-0.39, 0.29) is 12.5 Å². The zero-order valence-corrected chi connectivity index (χ0v) is 26.5. The lowest BCUT2D eigenvalue weighted by Gasteiger charge is -2.26. The zero-order valence-electron chi connectivity index (χ0n) is 26.5. The van der Waals surface area contributed by atoms with E-state index in [0.29, 0.717) is 12.8 Å². The van der Waals surface area contributed by atoms with Gasteiger partial charge in [0.1, 0.15) is 6.10 Å². The Morgan fingerprint density at radius 2 is 1.07 bits per heavy atom. The van der Waals surface area contributed by atoms with Gasteiger partial charge in [-0.3, -0.25) is 4.79 Å². The van der Waals surface area contributed by atoms with E-state index in [9.17, 15) is 20.1 Å². The Bertz CT molecular complexity index is 592. The molecular weight excluding hydrogens is 498 g/mol. The first-order chi connectivity index (χ1) is 19.6. The van der Waals surface area contributed by atoms with Gasteiger partial charge in [0.2, 0.25) is 5.91 Å². The van der Waals surface area contributed by atoms with E-state index in [0.717, 1.165) is 51.4 Å². The van der Waals surface area contributed by atoms with E-state index in [1.165, 1.54) is 89.9 Å². The Morgan fingerprint density at radius 3 is 1.62 bits per heavy atom. The molecule has 5 heteroatoms. The molecule has 0 heterocycles. The molecule has 5 nitrogen and oxygen atoms in total. The van der Waals surface area contributed by atoms with Crippen LogP contribution >= 0.6 is 0 Å². The molecule has 236 valence electrons. The van der Waals surface area contributed by atoms with Crippen molar-refractivity contribution < 1.29 is 20.1 Å². The third-order valence-electron chi connectivity index (χ3n) is 7.81. The van der Waals surface area contributed by atoms with Gasteiger partial charge in [-0.1, -0.05) is 141 Å². The Labute approximate surface area is 248 Å². The van der Waals surface area contributed by atoms with Gasteiger partial charge in [0.15, 0.2) is 0 Å². The van der Waals surface area contributed by atoms with E-state index in [1.54, 1.807) is 0 Å². The average Bonchev–Trinajstić information content (AvgIpc) is 2.96. The topological polar surface area (TPSA) is 89.8 Å². The summed E-state index contributed by atoms with van der Waals surface area (Å²) in [5, 5.41) is 33.2. The van der Waals surface area contributed by atoms with Crippen LogP contribution in [0.15, 0.2) is 24.3 Å². The highest BCUT2D eigenvalue weighted by molar-refractivity contribution is 5.76. The van der Waals surface area contributed by atoms with Gasteiger partial charge in [0.05, 0.1) is 18.8 Å². The standard InChI is InChI=1S/C35H67NO4/c1-3-5-7-9-11-13-14-15-16-17-18-19-20-22-24-26-28-30-34(39)36-32(31-37)35(40)33(38)29-27-25-23-21-12-10-8-6-4-2/h11,13,15-16,32-33,35,37-38,40H,3-10,12,14,17-31H2,1-2H3,(H,36,39)/b13-11-,16-15-. The number of amides is 1. The molecule has 0 aliphatic carbocycles. The summed E-state index contributed by atoms with van der Waals surface area (Å²) in [5.74, 6) is -0.157. The normalized spacial score (nSPS) is 14.2. The van der Waals surface area contributed by atoms with E-state index in [2.05, 4.69) is 43.5 Å². The second-order valence-corrected chi connectivity index (χ2v) is 11.7. The van der Waals surface area contributed by atoms with Crippen LogP contribution in [0.4, 0.5) is 0 Å². The SMILES string of the molecule is CCCCC/C=C\C/C=C\CCCCCCCCCC(=O)NC(CO)C(O)C(O)CCCCCCCCCCC. The largest absolute Gasteiger partial charge is 0.394 e. The van der Waals surface area contributed by atoms with Gasteiger partial charge < -0.3 is 20.6 Å². The van der Waals surface area contributed by atoms with Gasteiger partial charge in [-0.05, 0) is 44.9 Å². The molecule has 3 atom stereocenters. The first-order valence-electron chi connectivity index (χ1n) is 17.1. The van der Waals surface area contributed by atoms with Gasteiger partial charge in [0, 0.05) is 6.42 Å². The molecule has 0 aromatic rings. The summed E-state index contributed by atoms with van der Waals surface area (Å²) in [4.78, 5) is 12.3. The highest BCUT2D eigenvalue weighted by Gasteiger charge is 2.26. The Balaban J connectivity index is 3.72. The molecule has 0 spiro atoms. The summed E-state index contributed by atoms with van der Waals surface area (Å²) < 4.78 is 0. The van der Waals surface area contributed by atoms with E-state index in [1.807, 2.05) is 0 Å². The number of hydrogen-bond donors (Lipinski definition) is 4. The first kappa shape index (κ1) is 38.8. The Morgan fingerprint density at radius 1 is 0.625 bits per heavy atom. The maximum absolute atomic E-state index is 12.3. The minimum atomic E-state index is -1.13. The predicted octanol–water partition coefficient (Wildman–Crippen LogP) is 8.70. The van der Waals surface area contributed by atoms with Crippen molar-refractivity contribution in [3.63, 3.8) is 0 Å². The van der Waals surface area contributed by atoms with Crippen molar-refractivity contribution in [2.75, 3.05) is 6.61 Å². The number of allylic oxidation sites excluding steroid dienone is 4. The lowest BCUT2D eigenvalue weighted by Crippen LogP contribution is -2.50. The molecule has 4 N–H and O–H groups in total. The number of aliphatic hydroxyl groups excluding tert-OH is 3. The first-order valence-corrected chi connectivity index (χ1v) is 17.1. The van der Waals surface area contributed by atoms with Gasteiger partial charge in [-0.15, -0.1) is 0 Å². The highest BCUT2D eigenvalue weighted by atomic mass is 16.3. The molecule has 1 amide bonds. The fourth-order valence-corrected chi connectivity index (χ4v) is 5.07. The summed E-state index contributed by atoms with van der Waals surface area (Å²) >= 11 is 0.